The Morgan fingerprint density at radius 1 is 1.09 bits per heavy atom. The smallest absolute Gasteiger partial charge is 0.282 e. The Kier molecular flexibility index (Phi) is 6.01. The van der Waals surface area contributed by atoms with Crippen molar-refractivity contribution in [1.82, 2.24) is 9.66 Å². The van der Waals surface area contributed by atoms with Crippen LogP contribution in [0, 0.1) is 11.3 Å². The highest BCUT2D eigenvalue weighted by molar-refractivity contribution is 9.11. The average molecular weight is 578 g/mol. The second-order valence-corrected chi connectivity index (χ2v) is 8.93. The third kappa shape index (κ3) is 4.14. The van der Waals surface area contributed by atoms with E-state index in [0.717, 1.165) is 5.39 Å². The van der Waals surface area contributed by atoms with E-state index in [1.807, 2.05) is 42.5 Å². The number of fused-ring (bicyclic) bond motifs is 2. The molecule has 2 aromatic heterocycles. The maximum Gasteiger partial charge on any atom is 0.282 e. The number of rotatable bonds is 5. The number of ether oxygens (including phenoxy) is 1. The fourth-order valence-electron chi connectivity index (χ4n) is 3.50. The summed E-state index contributed by atoms with van der Waals surface area (Å²) in [6, 6.07) is 22.0. The number of para-hydroxylation sites is 2. The molecule has 0 aliphatic rings. The molecule has 5 aromatic rings. The van der Waals surface area contributed by atoms with Crippen molar-refractivity contribution in [3.8, 4) is 23.4 Å². The Morgan fingerprint density at radius 3 is 2.59 bits per heavy atom. The molecule has 0 aliphatic heterocycles. The second-order valence-electron chi connectivity index (χ2n) is 7.22. The molecule has 2 heterocycles. The van der Waals surface area contributed by atoms with E-state index in [-0.39, 0.29) is 12.2 Å². The summed E-state index contributed by atoms with van der Waals surface area (Å²) in [7, 11) is 0. The first kappa shape index (κ1) is 22.1. The van der Waals surface area contributed by atoms with Crippen molar-refractivity contribution in [3.63, 3.8) is 0 Å². The lowest BCUT2D eigenvalue weighted by atomic mass is 10.2. The number of nitriles is 1. The van der Waals surface area contributed by atoms with Crippen LogP contribution >= 0.6 is 31.9 Å². The van der Waals surface area contributed by atoms with Gasteiger partial charge in [-0.15, -0.1) is 0 Å². The van der Waals surface area contributed by atoms with E-state index in [4.69, 9.17) is 14.4 Å². The van der Waals surface area contributed by atoms with Crippen LogP contribution in [0.2, 0.25) is 0 Å². The molecular weight excluding hydrogens is 564 g/mol. The average Bonchev–Trinajstić information content (AvgIpc) is 3.27. The maximum atomic E-state index is 13.4. The Balaban J connectivity index is 1.65. The van der Waals surface area contributed by atoms with Crippen LogP contribution in [0.5, 0.6) is 5.75 Å². The van der Waals surface area contributed by atoms with Crippen LogP contribution in [0.1, 0.15) is 5.56 Å². The monoisotopic (exact) mass is 576 g/mol. The fraction of sp³-hybridized carbons (Fsp3) is 0.0400. The van der Waals surface area contributed by atoms with Gasteiger partial charge in [0.1, 0.15) is 17.4 Å². The molecule has 0 spiro atoms. The van der Waals surface area contributed by atoms with E-state index in [0.29, 0.717) is 48.3 Å². The van der Waals surface area contributed by atoms with Gasteiger partial charge in [0.15, 0.2) is 12.4 Å². The summed E-state index contributed by atoms with van der Waals surface area (Å²) in [6.45, 7) is -0.0797. The molecule has 0 bridgehead atoms. The second kappa shape index (κ2) is 9.25. The molecule has 0 N–H and O–H groups in total. The molecule has 0 radical (unpaired) electrons. The quantitative estimate of drug-likeness (QED) is 0.235. The first-order valence-corrected chi connectivity index (χ1v) is 11.7. The molecule has 0 saturated heterocycles. The minimum Gasteiger partial charge on any atom is -0.476 e. The van der Waals surface area contributed by atoms with E-state index < -0.39 is 0 Å². The predicted molar refractivity (Wildman–Crippen MR) is 137 cm³/mol. The van der Waals surface area contributed by atoms with Gasteiger partial charge in [-0.3, -0.25) is 4.79 Å². The number of aromatic nitrogens is 2. The minimum atomic E-state index is -0.315. The van der Waals surface area contributed by atoms with Crippen LogP contribution in [0.4, 0.5) is 0 Å². The Labute approximate surface area is 210 Å². The topological polar surface area (TPSA) is 93.4 Å². The summed E-state index contributed by atoms with van der Waals surface area (Å²) >= 11 is 6.90. The van der Waals surface area contributed by atoms with Crippen LogP contribution in [0.15, 0.2) is 90.0 Å². The van der Waals surface area contributed by atoms with E-state index in [2.05, 4.69) is 41.9 Å². The summed E-state index contributed by atoms with van der Waals surface area (Å²) in [5.74, 6) is 1.23. The first-order valence-electron chi connectivity index (χ1n) is 10.1. The number of hydrogen-bond donors (Lipinski definition) is 0. The maximum absolute atomic E-state index is 13.4. The van der Waals surface area contributed by atoms with E-state index in [1.54, 1.807) is 36.5 Å². The number of benzene rings is 3. The molecule has 0 atom stereocenters. The molecule has 0 saturated carbocycles. The zero-order valence-electron chi connectivity index (χ0n) is 17.4. The van der Waals surface area contributed by atoms with Gasteiger partial charge in [0.2, 0.25) is 5.82 Å². The van der Waals surface area contributed by atoms with Crippen LogP contribution in [0.25, 0.3) is 33.5 Å². The molecule has 0 unspecified atom stereocenters. The van der Waals surface area contributed by atoms with Gasteiger partial charge in [-0.25, -0.2) is 4.98 Å². The SMILES string of the molecule is N#CCOc1c(Br)cc(C=Nn2c(-c3cc4ccccc4o3)nc3ccccc3c2=O)cc1Br. The highest BCUT2D eigenvalue weighted by Gasteiger charge is 2.16. The lowest BCUT2D eigenvalue weighted by molar-refractivity contribution is 0.363. The summed E-state index contributed by atoms with van der Waals surface area (Å²) in [5.41, 5.74) is 1.62. The molecule has 34 heavy (non-hydrogen) atoms. The van der Waals surface area contributed by atoms with E-state index >= 15 is 0 Å². The van der Waals surface area contributed by atoms with Crippen molar-refractivity contribution in [3.05, 3.63) is 91.6 Å². The van der Waals surface area contributed by atoms with E-state index in [9.17, 15) is 4.79 Å². The summed E-state index contributed by atoms with van der Waals surface area (Å²) < 4.78 is 13.9. The van der Waals surface area contributed by atoms with Gasteiger partial charge in [0.25, 0.3) is 5.56 Å². The molecule has 7 nitrogen and oxygen atoms in total. The Bertz CT molecular complexity index is 1630. The number of furan rings is 1. The number of halogens is 2. The highest BCUT2D eigenvalue weighted by atomic mass is 79.9. The molecule has 0 fully saturated rings. The van der Waals surface area contributed by atoms with Crippen molar-refractivity contribution < 1.29 is 9.15 Å². The number of nitrogens with zero attached hydrogens (tertiary/aromatic N) is 4. The third-order valence-electron chi connectivity index (χ3n) is 5.02. The zero-order valence-corrected chi connectivity index (χ0v) is 20.6. The van der Waals surface area contributed by atoms with Gasteiger partial charge in [-0.1, -0.05) is 30.3 Å². The van der Waals surface area contributed by atoms with Gasteiger partial charge in [-0.05, 0) is 73.8 Å². The summed E-state index contributed by atoms with van der Waals surface area (Å²) in [4.78, 5) is 18.0. The molecule has 0 aliphatic carbocycles. The molecule has 166 valence electrons. The van der Waals surface area contributed by atoms with Gasteiger partial charge in [0, 0.05) is 5.39 Å². The van der Waals surface area contributed by atoms with Crippen LogP contribution in [0.3, 0.4) is 0 Å². The van der Waals surface area contributed by atoms with Gasteiger partial charge in [-0.2, -0.15) is 15.0 Å². The Morgan fingerprint density at radius 2 is 1.82 bits per heavy atom. The van der Waals surface area contributed by atoms with Crippen LogP contribution < -0.4 is 10.3 Å². The fourth-order valence-corrected chi connectivity index (χ4v) is 4.95. The molecule has 0 amide bonds. The van der Waals surface area contributed by atoms with Crippen molar-refractivity contribution in [2.24, 2.45) is 5.10 Å². The van der Waals surface area contributed by atoms with Crippen molar-refractivity contribution >= 4 is 59.9 Å². The predicted octanol–water partition coefficient (Wildman–Crippen LogP) is 6.12. The lowest BCUT2D eigenvalue weighted by Gasteiger charge is -2.09. The van der Waals surface area contributed by atoms with Crippen LogP contribution in [-0.4, -0.2) is 22.5 Å². The van der Waals surface area contributed by atoms with Crippen molar-refractivity contribution in [2.45, 2.75) is 0 Å². The highest BCUT2D eigenvalue weighted by Crippen LogP contribution is 2.34. The van der Waals surface area contributed by atoms with E-state index in [1.165, 1.54) is 4.68 Å². The van der Waals surface area contributed by atoms with Crippen LogP contribution in [-0.2, 0) is 0 Å². The van der Waals surface area contributed by atoms with Gasteiger partial charge >= 0.3 is 0 Å². The first-order chi connectivity index (χ1) is 16.5. The minimum absolute atomic E-state index is 0.0797. The summed E-state index contributed by atoms with van der Waals surface area (Å²) in [6.07, 6.45) is 1.55. The normalized spacial score (nSPS) is 11.3. The third-order valence-corrected chi connectivity index (χ3v) is 6.20. The molecule has 3 aromatic carbocycles. The Hall–Kier alpha value is -3.74. The zero-order chi connectivity index (χ0) is 23.7. The van der Waals surface area contributed by atoms with Crippen molar-refractivity contribution in [1.29, 1.82) is 5.26 Å². The lowest BCUT2D eigenvalue weighted by Crippen LogP contribution is -2.20. The molecule has 5 rings (SSSR count). The van der Waals surface area contributed by atoms with Gasteiger partial charge < -0.3 is 9.15 Å². The van der Waals surface area contributed by atoms with Crippen molar-refractivity contribution in [2.75, 3.05) is 6.61 Å². The molecular formula is C25H14Br2N4O3. The molecule has 9 heteroatoms. The largest absolute Gasteiger partial charge is 0.476 e. The standard InChI is InChI=1S/C25H14Br2N4O3/c26-18-11-15(12-19(27)23(18)33-10-9-28)14-29-31-24(22-13-16-5-1-4-8-21(16)34-22)30-20-7-3-2-6-17(20)25(31)32/h1-8,11-14H,10H2. The summed E-state index contributed by atoms with van der Waals surface area (Å²) in [5, 5.41) is 14.6. The van der Waals surface area contributed by atoms with Gasteiger partial charge in [0.05, 0.1) is 26.1 Å². The number of hydrogen-bond acceptors (Lipinski definition) is 6.